The van der Waals surface area contributed by atoms with Gasteiger partial charge in [0.05, 0.1) is 12.4 Å². The van der Waals surface area contributed by atoms with Crippen LogP contribution >= 0.6 is 0 Å². The van der Waals surface area contributed by atoms with Crippen molar-refractivity contribution >= 4 is 11.7 Å². The molecule has 116 valence electrons. The molecule has 2 N–H and O–H groups in total. The zero-order valence-corrected chi connectivity index (χ0v) is 13.5. The molecule has 0 saturated carbocycles. The molecule has 0 aliphatic carbocycles. The van der Waals surface area contributed by atoms with E-state index in [1.807, 2.05) is 32.9 Å². The minimum Gasteiger partial charge on any atom is -0.365 e. The van der Waals surface area contributed by atoms with Crippen molar-refractivity contribution in [3.63, 3.8) is 0 Å². The lowest BCUT2D eigenvalue weighted by atomic mass is 10.1. The minimum absolute atomic E-state index is 0.217. The molecule has 1 amide bonds. The summed E-state index contributed by atoms with van der Waals surface area (Å²) in [6.07, 6.45) is 3.07. The minimum atomic E-state index is -0.291. The first-order chi connectivity index (χ1) is 10.3. The monoisotopic (exact) mass is 298 g/mol. The fourth-order valence-electron chi connectivity index (χ4n) is 1.94. The Morgan fingerprint density at radius 3 is 2.45 bits per heavy atom. The molecule has 1 aromatic carbocycles. The van der Waals surface area contributed by atoms with Crippen LogP contribution in [-0.2, 0) is 6.54 Å². The Balaban J connectivity index is 1.98. The molecule has 1 aromatic heterocycles. The van der Waals surface area contributed by atoms with Crippen LogP contribution in [0.1, 0.15) is 42.4 Å². The number of rotatable bonds is 4. The van der Waals surface area contributed by atoms with Gasteiger partial charge in [0.15, 0.2) is 0 Å². The van der Waals surface area contributed by atoms with E-state index in [1.54, 1.807) is 6.20 Å². The van der Waals surface area contributed by atoms with E-state index in [4.69, 9.17) is 0 Å². The number of aryl methyl sites for hydroxylation is 1. The molecule has 5 nitrogen and oxygen atoms in total. The molecule has 0 aliphatic heterocycles. The molecule has 0 spiro atoms. The standard InChI is InChI=1S/C17H22N4O/c1-12-7-5-6-8-13(12)9-19-15-11-18-14(10-20-15)16(22)21-17(2,3)4/h5-8,10-11H,9H2,1-4H3,(H,19,20)(H,21,22). The largest absolute Gasteiger partial charge is 0.365 e. The average molecular weight is 298 g/mol. The van der Waals surface area contributed by atoms with Crippen LogP contribution in [0.2, 0.25) is 0 Å². The highest BCUT2D eigenvalue weighted by molar-refractivity contribution is 5.92. The first kappa shape index (κ1) is 15.9. The van der Waals surface area contributed by atoms with Crippen LogP contribution in [0.25, 0.3) is 0 Å². The molecular formula is C17H22N4O. The Morgan fingerprint density at radius 1 is 1.14 bits per heavy atom. The normalized spacial score (nSPS) is 11.1. The number of hydrogen-bond donors (Lipinski definition) is 2. The van der Waals surface area contributed by atoms with Crippen LogP contribution in [0, 0.1) is 6.92 Å². The van der Waals surface area contributed by atoms with Crippen molar-refractivity contribution in [2.75, 3.05) is 5.32 Å². The van der Waals surface area contributed by atoms with Gasteiger partial charge in [-0.2, -0.15) is 0 Å². The lowest BCUT2D eigenvalue weighted by Crippen LogP contribution is -2.40. The Bertz CT molecular complexity index is 644. The second-order valence-electron chi connectivity index (χ2n) is 6.27. The topological polar surface area (TPSA) is 66.9 Å². The molecule has 5 heteroatoms. The van der Waals surface area contributed by atoms with Gasteiger partial charge in [0.1, 0.15) is 11.5 Å². The SMILES string of the molecule is Cc1ccccc1CNc1cnc(C(=O)NC(C)(C)C)cn1. The highest BCUT2D eigenvalue weighted by Crippen LogP contribution is 2.10. The molecule has 0 radical (unpaired) electrons. The fraction of sp³-hybridized carbons (Fsp3) is 0.353. The molecule has 2 rings (SSSR count). The molecule has 22 heavy (non-hydrogen) atoms. The van der Waals surface area contributed by atoms with E-state index < -0.39 is 0 Å². The first-order valence-electron chi connectivity index (χ1n) is 7.28. The van der Waals surface area contributed by atoms with Crippen LogP contribution in [0.15, 0.2) is 36.7 Å². The van der Waals surface area contributed by atoms with E-state index in [0.717, 1.165) is 0 Å². The van der Waals surface area contributed by atoms with Crippen LogP contribution in [0.4, 0.5) is 5.82 Å². The molecule has 0 saturated heterocycles. The fourth-order valence-corrected chi connectivity index (χ4v) is 1.94. The summed E-state index contributed by atoms with van der Waals surface area (Å²) in [5.74, 6) is 0.431. The predicted molar refractivity (Wildman–Crippen MR) is 87.8 cm³/mol. The van der Waals surface area contributed by atoms with Gasteiger partial charge in [-0.3, -0.25) is 4.79 Å². The molecule has 0 aliphatic rings. The van der Waals surface area contributed by atoms with E-state index in [0.29, 0.717) is 18.1 Å². The van der Waals surface area contributed by atoms with E-state index in [-0.39, 0.29) is 11.4 Å². The van der Waals surface area contributed by atoms with Gasteiger partial charge in [0, 0.05) is 12.1 Å². The number of carbonyl (C=O) groups is 1. The van der Waals surface area contributed by atoms with Crippen LogP contribution in [0.5, 0.6) is 0 Å². The number of benzene rings is 1. The van der Waals surface area contributed by atoms with Crippen molar-refractivity contribution in [3.8, 4) is 0 Å². The van der Waals surface area contributed by atoms with E-state index >= 15 is 0 Å². The van der Waals surface area contributed by atoms with Crippen molar-refractivity contribution in [1.82, 2.24) is 15.3 Å². The van der Waals surface area contributed by atoms with Gasteiger partial charge >= 0.3 is 0 Å². The summed E-state index contributed by atoms with van der Waals surface area (Å²) in [6.45, 7) is 8.53. The first-order valence-corrected chi connectivity index (χ1v) is 7.28. The maximum Gasteiger partial charge on any atom is 0.271 e. The maximum absolute atomic E-state index is 12.0. The van der Waals surface area contributed by atoms with Gasteiger partial charge in [0.2, 0.25) is 0 Å². The highest BCUT2D eigenvalue weighted by atomic mass is 16.2. The van der Waals surface area contributed by atoms with Crippen LogP contribution in [-0.4, -0.2) is 21.4 Å². The third kappa shape index (κ3) is 4.55. The smallest absolute Gasteiger partial charge is 0.271 e. The van der Waals surface area contributed by atoms with Gasteiger partial charge in [-0.1, -0.05) is 24.3 Å². The summed E-state index contributed by atoms with van der Waals surface area (Å²) in [4.78, 5) is 20.4. The van der Waals surface area contributed by atoms with Crippen molar-refractivity contribution < 1.29 is 4.79 Å². The predicted octanol–water partition coefficient (Wildman–Crippen LogP) is 2.93. The third-order valence-electron chi connectivity index (χ3n) is 3.09. The quantitative estimate of drug-likeness (QED) is 0.910. The van der Waals surface area contributed by atoms with E-state index in [9.17, 15) is 4.79 Å². The Kier molecular flexibility index (Phi) is 4.75. The van der Waals surface area contributed by atoms with Crippen molar-refractivity contribution in [2.45, 2.75) is 39.8 Å². The molecule has 0 fully saturated rings. The van der Waals surface area contributed by atoms with Gasteiger partial charge < -0.3 is 10.6 Å². The number of amides is 1. The lowest BCUT2D eigenvalue weighted by molar-refractivity contribution is 0.0914. The van der Waals surface area contributed by atoms with Crippen molar-refractivity contribution in [1.29, 1.82) is 0 Å². The van der Waals surface area contributed by atoms with E-state index in [1.165, 1.54) is 17.3 Å². The summed E-state index contributed by atoms with van der Waals surface area (Å²) in [7, 11) is 0. The molecule has 2 aromatic rings. The Morgan fingerprint density at radius 2 is 1.86 bits per heavy atom. The van der Waals surface area contributed by atoms with Gasteiger partial charge in [-0.15, -0.1) is 0 Å². The second kappa shape index (κ2) is 6.56. The number of carbonyl (C=O) groups excluding carboxylic acids is 1. The van der Waals surface area contributed by atoms with Crippen LogP contribution in [0.3, 0.4) is 0 Å². The zero-order valence-electron chi connectivity index (χ0n) is 13.5. The highest BCUT2D eigenvalue weighted by Gasteiger charge is 2.16. The van der Waals surface area contributed by atoms with E-state index in [2.05, 4.69) is 39.7 Å². The molecule has 1 heterocycles. The van der Waals surface area contributed by atoms with Gasteiger partial charge in [0.25, 0.3) is 5.91 Å². The number of nitrogens with zero attached hydrogens (tertiary/aromatic N) is 2. The second-order valence-corrected chi connectivity index (χ2v) is 6.27. The average Bonchev–Trinajstić information content (AvgIpc) is 2.45. The number of anilines is 1. The number of hydrogen-bond acceptors (Lipinski definition) is 4. The molecule has 0 unspecified atom stereocenters. The van der Waals surface area contributed by atoms with Crippen molar-refractivity contribution in [3.05, 3.63) is 53.5 Å². The summed E-state index contributed by atoms with van der Waals surface area (Å²) in [5, 5.41) is 6.07. The third-order valence-corrected chi connectivity index (χ3v) is 3.09. The Hall–Kier alpha value is -2.43. The molecular weight excluding hydrogens is 276 g/mol. The summed E-state index contributed by atoms with van der Waals surface area (Å²) >= 11 is 0. The lowest BCUT2D eigenvalue weighted by Gasteiger charge is -2.19. The van der Waals surface area contributed by atoms with Crippen LogP contribution < -0.4 is 10.6 Å². The number of aromatic nitrogens is 2. The Labute approximate surface area is 131 Å². The molecule has 0 atom stereocenters. The number of nitrogens with one attached hydrogen (secondary N) is 2. The van der Waals surface area contributed by atoms with Gasteiger partial charge in [-0.05, 0) is 38.8 Å². The zero-order chi connectivity index (χ0) is 16.2. The maximum atomic E-state index is 12.0. The summed E-state index contributed by atoms with van der Waals surface area (Å²) < 4.78 is 0. The van der Waals surface area contributed by atoms with Crippen molar-refractivity contribution in [2.24, 2.45) is 0 Å². The molecule has 0 bridgehead atoms. The summed E-state index contributed by atoms with van der Waals surface area (Å²) in [6, 6.07) is 8.17. The summed E-state index contributed by atoms with van der Waals surface area (Å²) in [5.41, 5.74) is 2.46. The van der Waals surface area contributed by atoms with Gasteiger partial charge in [-0.25, -0.2) is 9.97 Å².